The molecule has 6 nitrogen and oxygen atoms in total. The van der Waals surface area contributed by atoms with Crippen LogP contribution >= 0.6 is 0 Å². The third-order valence-electron chi connectivity index (χ3n) is 4.39. The highest BCUT2D eigenvalue weighted by molar-refractivity contribution is 5.94. The number of nitrogens with zero attached hydrogens (tertiary/aromatic N) is 2. The molecule has 2 heterocycles. The minimum atomic E-state index is -0.172. The molecule has 136 valence electrons. The fourth-order valence-corrected chi connectivity index (χ4v) is 2.84. The van der Waals surface area contributed by atoms with Gasteiger partial charge in [0, 0.05) is 25.5 Å². The van der Waals surface area contributed by atoms with E-state index in [1.165, 1.54) is 0 Å². The van der Waals surface area contributed by atoms with Gasteiger partial charge in [0.25, 0.3) is 5.91 Å². The lowest BCUT2D eigenvalue weighted by molar-refractivity contribution is 0.0950. The van der Waals surface area contributed by atoms with Gasteiger partial charge < -0.3 is 19.7 Å². The number of hydrogen-bond acceptors (Lipinski definition) is 5. The lowest BCUT2D eigenvalue weighted by atomic mass is 10.2. The maximum Gasteiger partial charge on any atom is 0.253 e. The summed E-state index contributed by atoms with van der Waals surface area (Å²) in [7, 11) is 1.94. The van der Waals surface area contributed by atoms with E-state index in [-0.39, 0.29) is 12.7 Å². The largest absolute Gasteiger partial charge is 0.454 e. The van der Waals surface area contributed by atoms with Gasteiger partial charge in [-0.1, -0.05) is 24.3 Å². The molecule has 6 heteroatoms. The second kappa shape index (κ2) is 7.37. The predicted molar refractivity (Wildman–Crippen MR) is 102 cm³/mol. The Balaban J connectivity index is 1.39. The summed E-state index contributed by atoms with van der Waals surface area (Å²) in [6.45, 7) is 0.641. The number of ether oxygens (including phenoxy) is 2. The highest BCUT2D eigenvalue weighted by atomic mass is 16.7. The first-order valence-corrected chi connectivity index (χ1v) is 8.62. The molecule has 3 aromatic rings. The average molecular weight is 361 g/mol. The van der Waals surface area contributed by atoms with E-state index in [0.29, 0.717) is 17.9 Å². The Hall–Kier alpha value is -3.54. The van der Waals surface area contributed by atoms with Gasteiger partial charge in [-0.05, 0) is 42.0 Å². The number of aromatic nitrogens is 1. The first kappa shape index (κ1) is 16.9. The van der Waals surface area contributed by atoms with Crippen molar-refractivity contribution in [3.8, 4) is 11.5 Å². The number of rotatable bonds is 5. The molecule has 0 aliphatic carbocycles. The van der Waals surface area contributed by atoms with Crippen LogP contribution in [0, 0.1) is 0 Å². The number of carbonyl (C=O) groups is 1. The second-order valence-electron chi connectivity index (χ2n) is 6.17. The Morgan fingerprint density at radius 3 is 2.67 bits per heavy atom. The quantitative estimate of drug-likeness (QED) is 0.753. The zero-order valence-electron chi connectivity index (χ0n) is 14.9. The molecule has 1 aliphatic heterocycles. The van der Waals surface area contributed by atoms with Crippen LogP contribution in [0.15, 0.2) is 66.9 Å². The maximum absolute atomic E-state index is 12.4. The number of pyridine rings is 1. The molecule has 0 atom stereocenters. The van der Waals surface area contributed by atoms with Crippen molar-refractivity contribution in [1.82, 2.24) is 10.3 Å². The molecular formula is C21H19N3O3. The van der Waals surface area contributed by atoms with Crippen molar-refractivity contribution in [1.29, 1.82) is 0 Å². The van der Waals surface area contributed by atoms with Crippen LogP contribution in [-0.2, 0) is 6.54 Å². The van der Waals surface area contributed by atoms with Gasteiger partial charge in [0.1, 0.15) is 5.82 Å². The van der Waals surface area contributed by atoms with Gasteiger partial charge in [-0.25, -0.2) is 4.98 Å². The third-order valence-corrected chi connectivity index (χ3v) is 4.39. The lowest BCUT2D eigenvalue weighted by Crippen LogP contribution is -2.23. The van der Waals surface area contributed by atoms with Crippen LogP contribution in [0.3, 0.4) is 0 Å². The molecule has 0 bridgehead atoms. The molecule has 2 aromatic carbocycles. The van der Waals surface area contributed by atoms with Crippen LogP contribution in [0.4, 0.5) is 11.5 Å². The van der Waals surface area contributed by atoms with E-state index < -0.39 is 0 Å². The third kappa shape index (κ3) is 3.69. The van der Waals surface area contributed by atoms with E-state index in [9.17, 15) is 4.79 Å². The molecule has 0 spiro atoms. The molecular weight excluding hydrogens is 342 g/mol. The van der Waals surface area contributed by atoms with E-state index in [1.54, 1.807) is 12.3 Å². The smallest absolute Gasteiger partial charge is 0.253 e. The minimum Gasteiger partial charge on any atom is -0.454 e. The lowest BCUT2D eigenvalue weighted by Gasteiger charge is -2.18. The van der Waals surface area contributed by atoms with E-state index in [4.69, 9.17) is 9.47 Å². The number of anilines is 2. The van der Waals surface area contributed by atoms with Crippen molar-refractivity contribution in [2.45, 2.75) is 6.54 Å². The van der Waals surface area contributed by atoms with Crippen LogP contribution in [0.25, 0.3) is 0 Å². The van der Waals surface area contributed by atoms with Crippen LogP contribution in [0.2, 0.25) is 0 Å². The molecule has 1 aliphatic rings. The van der Waals surface area contributed by atoms with Crippen LogP contribution < -0.4 is 19.7 Å². The standard InChI is InChI=1S/C21H19N3O3/c1-24(17-5-3-2-4-6-17)20-10-8-16(13-22-20)21(25)23-12-15-7-9-18-19(11-15)27-14-26-18/h2-11,13H,12,14H2,1H3,(H,23,25). The summed E-state index contributed by atoms with van der Waals surface area (Å²) in [5, 5.41) is 2.90. The van der Waals surface area contributed by atoms with Crippen molar-refractivity contribution in [2.24, 2.45) is 0 Å². The summed E-state index contributed by atoms with van der Waals surface area (Å²) in [4.78, 5) is 18.8. The van der Waals surface area contributed by atoms with Crippen molar-refractivity contribution in [2.75, 3.05) is 18.7 Å². The van der Waals surface area contributed by atoms with Crippen molar-refractivity contribution < 1.29 is 14.3 Å². The predicted octanol–water partition coefficient (Wildman–Crippen LogP) is 3.51. The first-order valence-electron chi connectivity index (χ1n) is 8.62. The highest BCUT2D eigenvalue weighted by Gasteiger charge is 2.14. The first-order chi connectivity index (χ1) is 13.2. The molecule has 0 saturated heterocycles. The van der Waals surface area contributed by atoms with E-state index in [2.05, 4.69) is 10.3 Å². The normalized spacial score (nSPS) is 11.9. The molecule has 27 heavy (non-hydrogen) atoms. The van der Waals surface area contributed by atoms with E-state index >= 15 is 0 Å². The molecule has 0 radical (unpaired) electrons. The van der Waals surface area contributed by atoms with Crippen molar-refractivity contribution >= 4 is 17.4 Å². The van der Waals surface area contributed by atoms with Crippen LogP contribution in [-0.4, -0.2) is 24.7 Å². The number of hydrogen-bond donors (Lipinski definition) is 1. The Labute approximate surface area is 157 Å². The number of carbonyl (C=O) groups excluding carboxylic acids is 1. The summed E-state index contributed by atoms with van der Waals surface area (Å²) in [5.41, 5.74) is 2.49. The zero-order chi connectivity index (χ0) is 18.6. The number of benzene rings is 2. The van der Waals surface area contributed by atoms with E-state index in [0.717, 1.165) is 22.8 Å². The topological polar surface area (TPSA) is 63.7 Å². The average Bonchev–Trinajstić information content (AvgIpc) is 3.20. The van der Waals surface area contributed by atoms with Gasteiger partial charge in [0.15, 0.2) is 11.5 Å². The number of para-hydroxylation sites is 1. The number of fused-ring (bicyclic) bond motifs is 1. The van der Waals surface area contributed by atoms with Crippen LogP contribution in [0.1, 0.15) is 15.9 Å². The maximum atomic E-state index is 12.4. The summed E-state index contributed by atoms with van der Waals surface area (Å²) in [6.07, 6.45) is 1.59. The summed E-state index contributed by atoms with van der Waals surface area (Å²) < 4.78 is 10.6. The number of nitrogens with one attached hydrogen (secondary N) is 1. The number of amides is 1. The fourth-order valence-electron chi connectivity index (χ4n) is 2.84. The Morgan fingerprint density at radius 1 is 1.07 bits per heavy atom. The molecule has 0 unspecified atom stereocenters. The van der Waals surface area contributed by atoms with Gasteiger partial charge >= 0.3 is 0 Å². The van der Waals surface area contributed by atoms with Gasteiger partial charge in [0.2, 0.25) is 6.79 Å². The van der Waals surface area contributed by atoms with Gasteiger partial charge in [-0.3, -0.25) is 4.79 Å². The summed E-state index contributed by atoms with van der Waals surface area (Å²) in [6, 6.07) is 19.2. The Kier molecular flexibility index (Phi) is 4.61. The molecule has 0 saturated carbocycles. The van der Waals surface area contributed by atoms with Gasteiger partial charge in [-0.2, -0.15) is 0 Å². The van der Waals surface area contributed by atoms with Crippen molar-refractivity contribution in [3.63, 3.8) is 0 Å². The SMILES string of the molecule is CN(c1ccccc1)c1ccc(C(=O)NCc2ccc3c(c2)OCO3)cn1. The van der Waals surface area contributed by atoms with Gasteiger partial charge in [0.05, 0.1) is 5.56 Å². The summed E-state index contributed by atoms with van der Waals surface area (Å²) in [5.74, 6) is 2.03. The van der Waals surface area contributed by atoms with Crippen molar-refractivity contribution in [3.05, 3.63) is 78.0 Å². The summed E-state index contributed by atoms with van der Waals surface area (Å²) >= 11 is 0. The molecule has 1 amide bonds. The molecule has 1 N–H and O–H groups in total. The molecule has 0 fully saturated rings. The second-order valence-corrected chi connectivity index (χ2v) is 6.17. The van der Waals surface area contributed by atoms with Crippen LogP contribution in [0.5, 0.6) is 11.5 Å². The molecule has 1 aromatic heterocycles. The monoisotopic (exact) mass is 361 g/mol. The minimum absolute atomic E-state index is 0.172. The highest BCUT2D eigenvalue weighted by Crippen LogP contribution is 2.32. The van der Waals surface area contributed by atoms with Gasteiger partial charge in [-0.15, -0.1) is 0 Å². The Bertz CT molecular complexity index is 943. The Morgan fingerprint density at radius 2 is 1.89 bits per heavy atom. The zero-order valence-corrected chi connectivity index (χ0v) is 14.9. The fraction of sp³-hybridized carbons (Fsp3) is 0.143. The molecule has 4 rings (SSSR count). The van der Waals surface area contributed by atoms with E-state index in [1.807, 2.05) is 66.5 Å².